The minimum atomic E-state index is 0.178. The fraction of sp³-hybridized carbons (Fsp3) is 0.357. The molecule has 0 saturated carbocycles. The number of aryl methyl sites for hydroxylation is 1. The summed E-state index contributed by atoms with van der Waals surface area (Å²) in [7, 11) is 0. The molecule has 1 heterocycles. The fourth-order valence-corrected chi connectivity index (χ4v) is 1.82. The standard InChI is InChI=1S/C14H18N4O/c1-2-13(19)11-5-7-12(8-6-11)15-9-3-4-14-16-10-17-18-14/h5-8,10,15H,2-4,9H2,1H3,(H,16,17,18). The molecule has 0 bridgehead atoms. The Morgan fingerprint density at radius 1 is 1.32 bits per heavy atom. The van der Waals surface area contributed by atoms with Gasteiger partial charge in [0.1, 0.15) is 12.2 Å². The second-order valence-corrected chi connectivity index (χ2v) is 4.32. The van der Waals surface area contributed by atoms with Crippen LogP contribution in [-0.2, 0) is 6.42 Å². The largest absolute Gasteiger partial charge is 0.385 e. The first-order valence-corrected chi connectivity index (χ1v) is 6.51. The van der Waals surface area contributed by atoms with E-state index >= 15 is 0 Å². The van der Waals surface area contributed by atoms with Gasteiger partial charge in [0.05, 0.1) is 0 Å². The number of rotatable bonds is 7. The predicted octanol–water partition coefficient (Wildman–Crippen LogP) is 2.44. The van der Waals surface area contributed by atoms with Crippen LogP contribution >= 0.6 is 0 Å². The van der Waals surface area contributed by atoms with E-state index in [2.05, 4.69) is 20.5 Å². The van der Waals surface area contributed by atoms with E-state index in [0.29, 0.717) is 6.42 Å². The average Bonchev–Trinajstić information content (AvgIpc) is 2.96. The second-order valence-electron chi connectivity index (χ2n) is 4.32. The van der Waals surface area contributed by atoms with Gasteiger partial charge < -0.3 is 5.32 Å². The molecule has 2 N–H and O–H groups in total. The molecule has 1 aromatic carbocycles. The fourth-order valence-electron chi connectivity index (χ4n) is 1.82. The summed E-state index contributed by atoms with van der Waals surface area (Å²) in [5, 5.41) is 9.96. The van der Waals surface area contributed by atoms with Crippen molar-refractivity contribution in [2.75, 3.05) is 11.9 Å². The summed E-state index contributed by atoms with van der Waals surface area (Å²) in [6.45, 7) is 2.74. The van der Waals surface area contributed by atoms with E-state index in [9.17, 15) is 4.79 Å². The Kier molecular flexibility index (Phi) is 4.66. The third-order valence-electron chi connectivity index (χ3n) is 2.91. The van der Waals surface area contributed by atoms with Gasteiger partial charge in [-0.3, -0.25) is 9.89 Å². The third kappa shape index (κ3) is 3.91. The number of nitrogens with one attached hydrogen (secondary N) is 2. The van der Waals surface area contributed by atoms with Gasteiger partial charge in [0.2, 0.25) is 0 Å². The number of nitrogens with zero attached hydrogens (tertiary/aromatic N) is 2. The van der Waals surface area contributed by atoms with Gasteiger partial charge in [0, 0.05) is 30.6 Å². The Balaban J connectivity index is 1.75. The Morgan fingerprint density at radius 2 is 2.11 bits per heavy atom. The summed E-state index contributed by atoms with van der Waals surface area (Å²) in [4.78, 5) is 15.5. The molecular weight excluding hydrogens is 240 g/mol. The first kappa shape index (κ1) is 13.3. The summed E-state index contributed by atoms with van der Waals surface area (Å²) in [6.07, 6.45) is 3.92. The number of anilines is 1. The van der Waals surface area contributed by atoms with Crippen LogP contribution < -0.4 is 5.32 Å². The molecule has 0 radical (unpaired) electrons. The molecule has 100 valence electrons. The second kappa shape index (κ2) is 6.68. The summed E-state index contributed by atoms with van der Waals surface area (Å²) >= 11 is 0. The van der Waals surface area contributed by atoms with Crippen LogP contribution in [-0.4, -0.2) is 27.5 Å². The summed E-state index contributed by atoms with van der Waals surface area (Å²) < 4.78 is 0. The summed E-state index contributed by atoms with van der Waals surface area (Å²) in [5.74, 6) is 1.09. The highest BCUT2D eigenvalue weighted by Gasteiger charge is 2.02. The normalized spacial score (nSPS) is 10.4. The molecule has 1 aromatic heterocycles. The van der Waals surface area contributed by atoms with Crippen molar-refractivity contribution >= 4 is 11.5 Å². The number of Topliss-reactive ketones (excluding diaryl/α,β-unsaturated/α-hetero) is 1. The van der Waals surface area contributed by atoms with Gasteiger partial charge in [-0.05, 0) is 30.7 Å². The highest BCUT2D eigenvalue weighted by Crippen LogP contribution is 2.11. The highest BCUT2D eigenvalue weighted by molar-refractivity contribution is 5.96. The van der Waals surface area contributed by atoms with Crippen molar-refractivity contribution in [2.24, 2.45) is 0 Å². The van der Waals surface area contributed by atoms with Crippen LogP contribution in [0.15, 0.2) is 30.6 Å². The molecular formula is C14H18N4O. The molecule has 0 atom stereocenters. The predicted molar refractivity (Wildman–Crippen MR) is 74.3 cm³/mol. The van der Waals surface area contributed by atoms with Crippen LogP contribution in [0.2, 0.25) is 0 Å². The van der Waals surface area contributed by atoms with Gasteiger partial charge in [-0.25, -0.2) is 4.98 Å². The molecule has 0 aliphatic carbocycles. The van der Waals surface area contributed by atoms with Crippen molar-refractivity contribution in [1.82, 2.24) is 15.2 Å². The zero-order chi connectivity index (χ0) is 13.5. The van der Waals surface area contributed by atoms with E-state index in [1.807, 2.05) is 31.2 Å². The number of benzene rings is 1. The quantitative estimate of drug-likeness (QED) is 0.591. The molecule has 2 rings (SSSR count). The van der Waals surface area contributed by atoms with E-state index in [-0.39, 0.29) is 5.78 Å². The van der Waals surface area contributed by atoms with E-state index in [4.69, 9.17) is 0 Å². The first-order valence-electron chi connectivity index (χ1n) is 6.51. The monoisotopic (exact) mass is 258 g/mol. The molecule has 0 spiro atoms. The van der Waals surface area contributed by atoms with Gasteiger partial charge in [-0.15, -0.1) is 0 Å². The smallest absolute Gasteiger partial charge is 0.162 e. The van der Waals surface area contributed by atoms with Gasteiger partial charge in [-0.1, -0.05) is 6.92 Å². The topological polar surface area (TPSA) is 70.7 Å². The molecule has 0 saturated heterocycles. The Bertz CT molecular complexity index is 505. The van der Waals surface area contributed by atoms with Crippen molar-refractivity contribution in [3.63, 3.8) is 0 Å². The van der Waals surface area contributed by atoms with E-state index in [0.717, 1.165) is 36.5 Å². The van der Waals surface area contributed by atoms with Crippen LogP contribution in [0.5, 0.6) is 0 Å². The summed E-state index contributed by atoms with van der Waals surface area (Å²) in [5.41, 5.74) is 1.81. The number of aromatic nitrogens is 3. The number of hydrogen-bond donors (Lipinski definition) is 2. The van der Waals surface area contributed by atoms with Gasteiger partial charge >= 0.3 is 0 Å². The van der Waals surface area contributed by atoms with E-state index < -0.39 is 0 Å². The first-order chi connectivity index (χ1) is 9.29. The van der Waals surface area contributed by atoms with Crippen molar-refractivity contribution in [2.45, 2.75) is 26.2 Å². The zero-order valence-electron chi connectivity index (χ0n) is 11.0. The number of hydrogen-bond acceptors (Lipinski definition) is 4. The minimum Gasteiger partial charge on any atom is -0.385 e. The van der Waals surface area contributed by atoms with Crippen LogP contribution in [0, 0.1) is 0 Å². The lowest BCUT2D eigenvalue weighted by Gasteiger charge is -2.06. The molecule has 0 aliphatic rings. The van der Waals surface area contributed by atoms with Gasteiger partial charge in [-0.2, -0.15) is 5.10 Å². The Labute approximate surface area is 112 Å². The number of H-pyrrole nitrogens is 1. The molecule has 0 fully saturated rings. The Hall–Kier alpha value is -2.17. The van der Waals surface area contributed by atoms with Gasteiger partial charge in [0.25, 0.3) is 0 Å². The molecule has 0 amide bonds. The Morgan fingerprint density at radius 3 is 2.74 bits per heavy atom. The van der Waals surface area contributed by atoms with Crippen LogP contribution in [0.4, 0.5) is 5.69 Å². The number of carbonyl (C=O) groups excluding carboxylic acids is 1. The maximum absolute atomic E-state index is 11.5. The molecule has 5 heteroatoms. The lowest BCUT2D eigenvalue weighted by atomic mass is 10.1. The van der Waals surface area contributed by atoms with Crippen LogP contribution in [0.1, 0.15) is 35.9 Å². The van der Waals surface area contributed by atoms with E-state index in [1.165, 1.54) is 6.33 Å². The number of ketones is 1. The van der Waals surface area contributed by atoms with E-state index in [1.54, 1.807) is 0 Å². The maximum Gasteiger partial charge on any atom is 0.162 e. The maximum atomic E-state index is 11.5. The number of carbonyl (C=O) groups is 1. The lowest BCUT2D eigenvalue weighted by Crippen LogP contribution is -2.04. The molecule has 5 nitrogen and oxygen atoms in total. The van der Waals surface area contributed by atoms with Crippen molar-refractivity contribution in [1.29, 1.82) is 0 Å². The lowest BCUT2D eigenvalue weighted by molar-refractivity contribution is 0.0988. The molecule has 0 unspecified atom stereocenters. The third-order valence-corrected chi connectivity index (χ3v) is 2.91. The molecule has 2 aromatic rings. The zero-order valence-corrected chi connectivity index (χ0v) is 11.0. The summed E-state index contributed by atoms with van der Waals surface area (Å²) in [6, 6.07) is 7.61. The van der Waals surface area contributed by atoms with Crippen molar-refractivity contribution in [3.8, 4) is 0 Å². The van der Waals surface area contributed by atoms with Crippen LogP contribution in [0.25, 0.3) is 0 Å². The SMILES string of the molecule is CCC(=O)c1ccc(NCCCc2ncn[nH]2)cc1. The van der Waals surface area contributed by atoms with Crippen molar-refractivity contribution < 1.29 is 4.79 Å². The van der Waals surface area contributed by atoms with Crippen LogP contribution in [0.3, 0.4) is 0 Å². The molecule has 0 aliphatic heterocycles. The molecule has 19 heavy (non-hydrogen) atoms. The average molecular weight is 258 g/mol. The van der Waals surface area contributed by atoms with Gasteiger partial charge in [0.15, 0.2) is 5.78 Å². The highest BCUT2D eigenvalue weighted by atomic mass is 16.1. The number of aromatic amines is 1. The minimum absolute atomic E-state index is 0.178. The van der Waals surface area contributed by atoms with Crippen molar-refractivity contribution in [3.05, 3.63) is 42.0 Å².